The maximum atomic E-state index is 11.7. The van der Waals surface area contributed by atoms with Crippen LogP contribution in [-0.4, -0.2) is 30.1 Å². The van der Waals surface area contributed by atoms with Gasteiger partial charge in [0, 0.05) is 23.0 Å². The van der Waals surface area contributed by atoms with Gasteiger partial charge in [0.05, 0.1) is 18.6 Å². The van der Waals surface area contributed by atoms with E-state index in [9.17, 15) is 5.11 Å². The van der Waals surface area contributed by atoms with Crippen LogP contribution < -0.4 is 0 Å². The fourth-order valence-electron chi connectivity index (χ4n) is 2.97. The van der Waals surface area contributed by atoms with Crippen molar-refractivity contribution in [3.05, 3.63) is 64.9 Å². The van der Waals surface area contributed by atoms with E-state index >= 15 is 0 Å². The number of benzene rings is 1. The van der Waals surface area contributed by atoms with E-state index in [2.05, 4.69) is 4.98 Å². The summed E-state index contributed by atoms with van der Waals surface area (Å²) in [5, 5.41) is 12.3. The molecule has 0 radical (unpaired) electrons. The van der Waals surface area contributed by atoms with Crippen molar-refractivity contribution in [1.82, 2.24) is 4.98 Å². The number of ether oxygens (including phenoxy) is 2. The zero-order chi connectivity index (χ0) is 15.6. The van der Waals surface area contributed by atoms with Crippen molar-refractivity contribution in [2.24, 2.45) is 5.41 Å². The molecule has 0 amide bonds. The predicted octanol–water partition coefficient (Wildman–Crippen LogP) is 2.98. The van der Waals surface area contributed by atoms with E-state index in [4.69, 9.17) is 21.1 Å². The summed E-state index contributed by atoms with van der Waals surface area (Å²) in [4.78, 5) is 4.15. The lowest BCUT2D eigenvalue weighted by atomic mass is 9.67. The van der Waals surface area contributed by atoms with Crippen molar-refractivity contribution in [3.63, 3.8) is 0 Å². The first-order valence-electron chi connectivity index (χ1n) is 7.11. The third kappa shape index (κ3) is 2.52. The minimum absolute atomic E-state index is 0.249. The largest absolute Gasteiger partial charge is 0.380 e. The van der Waals surface area contributed by atoms with Gasteiger partial charge in [-0.15, -0.1) is 0 Å². The number of halogens is 1. The van der Waals surface area contributed by atoms with E-state index in [1.807, 2.05) is 31.2 Å². The zero-order valence-electron chi connectivity index (χ0n) is 12.3. The summed E-state index contributed by atoms with van der Waals surface area (Å²) >= 11 is 5.98. The maximum absolute atomic E-state index is 11.7. The van der Waals surface area contributed by atoms with Crippen LogP contribution in [0.1, 0.15) is 18.1 Å². The van der Waals surface area contributed by atoms with Gasteiger partial charge >= 0.3 is 0 Å². The predicted molar refractivity (Wildman–Crippen MR) is 83.6 cm³/mol. The quantitative estimate of drug-likeness (QED) is 0.945. The van der Waals surface area contributed by atoms with Crippen LogP contribution in [0.25, 0.3) is 0 Å². The molecule has 2 heterocycles. The highest BCUT2D eigenvalue weighted by Crippen LogP contribution is 2.46. The van der Waals surface area contributed by atoms with Crippen LogP contribution >= 0.6 is 11.6 Å². The molecule has 0 spiro atoms. The van der Waals surface area contributed by atoms with E-state index in [0.717, 1.165) is 5.56 Å². The molecule has 1 unspecified atom stereocenters. The zero-order valence-corrected chi connectivity index (χ0v) is 13.1. The monoisotopic (exact) mass is 319 g/mol. The molecular weight excluding hydrogens is 302 g/mol. The molecule has 0 bridgehead atoms. The molecule has 1 fully saturated rings. The summed E-state index contributed by atoms with van der Waals surface area (Å²) in [6.45, 7) is 2.98. The van der Waals surface area contributed by atoms with Crippen LogP contribution in [0.4, 0.5) is 0 Å². The molecule has 2 aromatic rings. The van der Waals surface area contributed by atoms with Crippen LogP contribution in [0.3, 0.4) is 0 Å². The van der Waals surface area contributed by atoms with Crippen molar-refractivity contribution in [2.75, 3.05) is 20.0 Å². The number of pyridine rings is 1. The first-order valence-corrected chi connectivity index (χ1v) is 7.48. The highest BCUT2D eigenvalue weighted by Gasteiger charge is 2.51. The van der Waals surface area contributed by atoms with Gasteiger partial charge in [-0.2, -0.15) is 0 Å². The van der Waals surface area contributed by atoms with E-state index < -0.39 is 11.0 Å². The average molecular weight is 320 g/mol. The van der Waals surface area contributed by atoms with Crippen molar-refractivity contribution in [2.45, 2.75) is 12.5 Å². The van der Waals surface area contributed by atoms with Crippen LogP contribution in [0.15, 0.2) is 48.8 Å². The van der Waals surface area contributed by atoms with Gasteiger partial charge in [0.2, 0.25) is 0 Å². The molecule has 0 aliphatic carbocycles. The Balaban J connectivity index is 2.15. The molecule has 1 atom stereocenters. The lowest BCUT2D eigenvalue weighted by molar-refractivity contribution is -0.213. The van der Waals surface area contributed by atoms with Gasteiger partial charge in [-0.3, -0.25) is 4.98 Å². The molecule has 5 heteroatoms. The Morgan fingerprint density at radius 3 is 2.41 bits per heavy atom. The molecule has 116 valence electrons. The Morgan fingerprint density at radius 2 is 1.82 bits per heavy atom. The third-order valence-electron chi connectivity index (χ3n) is 4.22. The second-order valence-corrected chi connectivity index (χ2v) is 6.27. The van der Waals surface area contributed by atoms with Gasteiger partial charge < -0.3 is 14.6 Å². The standard InChI is InChI=1S/C17H18ClNO3/c1-16(10-21-12-22-11-16)17(20,14-3-2-8-19-9-14)13-4-6-15(18)7-5-13/h2-9,20H,10-12H2,1H3. The molecule has 4 nitrogen and oxygen atoms in total. The fraction of sp³-hybridized carbons (Fsp3) is 0.353. The lowest BCUT2D eigenvalue weighted by Gasteiger charge is -2.47. The van der Waals surface area contributed by atoms with Gasteiger partial charge in [-0.05, 0) is 23.8 Å². The van der Waals surface area contributed by atoms with Crippen LogP contribution in [0, 0.1) is 5.41 Å². The Morgan fingerprint density at radius 1 is 1.14 bits per heavy atom. The van der Waals surface area contributed by atoms with Gasteiger partial charge in [-0.1, -0.05) is 36.7 Å². The minimum Gasteiger partial charge on any atom is -0.380 e. The second kappa shape index (κ2) is 5.97. The van der Waals surface area contributed by atoms with E-state index in [1.165, 1.54) is 0 Å². The molecule has 0 saturated carbocycles. The van der Waals surface area contributed by atoms with Crippen molar-refractivity contribution in [1.29, 1.82) is 0 Å². The molecule has 1 N–H and O–H groups in total. The first-order chi connectivity index (χ1) is 10.6. The molecule has 1 aromatic heterocycles. The average Bonchev–Trinajstić information content (AvgIpc) is 2.56. The van der Waals surface area contributed by atoms with Crippen molar-refractivity contribution in [3.8, 4) is 0 Å². The Labute approximate surface area is 134 Å². The summed E-state index contributed by atoms with van der Waals surface area (Å²) < 4.78 is 10.9. The van der Waals surface area contributed by atoms with Gasteiger partial charge in [0.15, 0.2) is 0 Å². The van der Waals surface area contributed by atoms with E-state index in [0.29, 0.717) is 23.8 Å². The number of hydrogen-bond donors (Lipinski definition) is 1. The molecule has 3 rings (SSSR count). The van der Waals surface area contributed by atoms with Gasteiger partial charge in [0.1, 0.15) is 12.4 Å². The number of aromatic nitrogens is 1. The number of rotatable bonds is 3. The number of aliphatic hydroxyl groups is 1. The highest BCUT2D eigenvalue weighted by molar-refractivity contribution is 6.30. The normalized spacial score (nSPS) is 20.3. The number of nitrogens with zero attached hydrogens (tertiary/aromatic N) is 1. The van der Waals surface area contributed by atoms with Crippen LogP contribution in [0.2, 0.25) is 5.02 Å². The summed E-state index contributed by atoms with van der Waals surface area (Å²) in [5.74, 6) is 0. The number of hydrogen-bond acceptors (Lipinski definition) is 4. The van der Waals surface area contributed by atoms with Crippen molar-refractivity contribution >= 4 is 11.6 Å². The Kier molecular flexibility index (Phi) is 4.19. The molecular formula is C17H18ClNO3. The summed E-state index contributed by atoms with van der Waals surface area (Å²) in [7, 11) is 0. The Hall–Kier alpha value is -1.46. The SMILES string of the molecule is CC1(C(O)(c2ccc(Cl)cc2)c2cccnc2)COCOC1. The fourth-order valence-corrected chi connectivity index (χ4v) is 3.10. The van der Waals surface area contributed by atoms with Gasteiger partial charge in [-0.25, -0.2) is 0 Å². The molecule has 22 heavy (non-hydrogen) atoms. The summed E-state index contributed by atoms with van der Waals surface area (Å²) in [6.07, 6.45) is 3.36. The Bertz CT molecular complexity index is 626. The molecule has 1 aromatic carbocycles. The van der Waals surface area contributed by atoms with E-state index in [-0.39, 0.29) is 6.79 Å². The lowest BCUT2D eigenvalue weighted by Crippen LogP contribution is -2.52. The summed E-state index contributed by atoms with van der Waals surface area (Å²) in [6, 6.07) is 10.9. The minimum atomic E-state index is -1.29. The third-order valence-corrected chi connectivity index (χ3v) is 4.47. The molecule has 1 saturated heterocycles. The van der Waals surface area contributed by atoms with Crippen molar-refractivity contribution < 1.29 is 14.6 Å². The molecule has 1 aliphatic rings. The van der Waals surface area contributed by atoms with Gasteiger partial charge in [0.25, 0.3) is 0 Å². The summed E-state index contributed by atoms with van der Waals surface area (Å²) in [5.41, 5.74) is -0.482. The van der Waals surface area contributed by atoms with Crippen LogP contribution in [-0.2, 0) is 15.1 Å². The first kappa shape index (κ1) is 15.4. The second-order valence-electron chi connectivity index (χ2n) is 5.83. The maximum Gasteiger partial charge on any atom is 0.146 e. The van der Waals surface area contributed by atoms with E-state index in [1.54, 1.807) is 24.5 Å². The topological polar surface area (TPSA) is 51.6 Å². The highest BCUT2D eigenvalue weighted by atomic mass is 35.5. The smallest absolute Gasteiger partial charge is 0.146 e. The molecule has 1 aliphatic heterocycles. The van der Waals surface area contributed by atoms with Crippen LogP contribution in [0.5, 0.6) is 0 Å².